The van der Waals surface area contributed by atoms with Crippen LogP contribution in [0, 0.1) is 5.92 Å². The van der Waals surface area contributed by atoms with Gasteiger partial charge in [0.25, 0.3) is 0 Å². The molecule has 1 N–H and O–H groups in total. The third-order valence-corrected chi connectivity index (χ3v) is 3.61. The van der Waals surface area contributed by atoms with Crippen molar-refractivity contribution in [3.63, 3.8) is 0 Å². The number of rotatable bonds is 0. The van der Waals surface area contributed by atoms with Gasteiger partial charge in [0, 0.05) is 24.8 Å². The molecule has 1 amide bonds. The van der Waals surface area contributed by atoms with Crippen LogP contribution in [-0.4, -0.2) is 30.9 Å². The highest BCUT2D eigenvalue weighted by atomic mass is 16.7. The fourth-order valence-corrected chi connectivity index (χ4v) is 2.95. The molecule has 2 unspecified atom stereocenters. The van der Waals surface area contributed by atoms with Gasteiger partial charge in [-0.2, -0.15) is 0 Å². The minimum atomic E-state index is -0.408. The molecule has 2 saturated heterocycles. The van der Waals surface area contributed by atoms with Crippen LogP contribution < -0.4 is 5.32 Å². The Morgan fingerprint density at radius 1 is 1.36 bits per heavy atom. The summed E-state index contributed by atoms with van der Waals surface area (Å²) in [5, 5.41) is 3.00. The summed E-state index contributed by atoms with van der Waals surface area (Å²) in [6.07, 6.45) is 3.51. The molecule has 2 heterocycles. The van der Waals surface area contributed by atoms with Gasteiger partial charge in [0.05, 0.1) is 13.2 Å². The number of hydrogen-bond donors (Lipinski definition) is 1. The van der Waals surface area contributed by atoms with E-state index in [9.17, 15) is 4.79 Å². The first kappa shape index (κ1) is 8.68. The van der Waals surface area contributed by atoms with Crippen LogP contribution in [-0.2, 0) is 14.3 Å². The zero-order valence-corrected chi connectivity index (χ0v) is 8.12. The number of amides is 1. The number of carbonyl (C=O) groups is 1. The van der Waals surface area contributed by atoms with E-state index in [2.05, 4.69) is 5.32 Å². The molecule has 0 aromatic heterocycles. The normalized spacial score (nSPS) is 39.9. The van der Waals surface area contributed by atoms with Crippen molar-refractivity contribution in [1.82, 2.24) is 5.32 Å². The molecule has 2 atom stereocenters. The largest absolute Gasteiger partial charge is 0.353 e. The van der Waals surface area contributed by atoms with Crippen LogP contribution in [0.15, 0.2) is 0 Å². The van der Waals surface area contributed by atoms with Gasteiger partial charge in [0.15, 0.2) is 5.79 Å². The molecule has 4 heteroatoms. The van der Waals surface area contributed by atoms with E-state index in [1.165, 1.54) is 0 Å². The molecule has 1 saturated carbocycles. The smallest absolute Gasteiger partial charge is 0.220 e. The third kappa shape index (κ3) is 1.17. The Morgan fingerprint density at radius 2 is 2.14 bits per heavy atom. The van der Waals surface area contributed by atoms with Crippen molar-refractivity contribution in [2.75, 3.05) is 13.2 Å². The zero-order valence-electron chi connectivity index (χ0n) is 8.12. The van der Waals surface area contributed by atoms with Crippen molar-refractivity contribution in [3.8, 4) is 0 Å². The van der Waals surface area contributed by atoms with Crippen molar-refractivity contribution >= 4 is 5.91 Å². The summed E-state index contributed by atoms with van der Waals surface area (Å²) >= 11 is 0. The molecule has 0 radical (unpaired) electrons. The van der Waals surface area contributed by atoms with Gasteiger partial charge in [-0.25, -0.2) is 0 Å². The van der Waals surface area contributed by atoms with E-state index in [0.717, 1.165) is 19.3 Å². The molecule has 1 spiro atoms. The number of carbonyl (C=O) groups excluding carboxylic acids is 1. The highest BCUT2D eigenvalue weighted by molar-refractivity contribution is 5.77. The molecule has 3 rings (SSSR count). The summed E-state index contributed by atoms with van der Waals surface area (Å²) in [4.78, 5) is 11.4. The number of ether oxygens (including phenoxy) is 2. The summed E-state index contributed by atoms with van der Waals surface area (Å²) in [6, 6.07) is 0.361. The standard InChI is InChI=1S/C10H15NO3/c12-9-6-7-5-8(11-9)1-2-10(7)13-3-4-14-10/h7-8H,1-6H2,(H,11,12). The van der Waals surface area contributed by atoms with E-state index in [-0.39, 0.29) is 11.8 Å². The monoisotopic (exact) mass is 197 g/mol. The van der Waals surface area contributed by atoms with Crippen LogP contribution in [0.5, 0.6) is 0 Å². The van der Waals surface area contributed by atoms with Crippen molar-refractivity contribution in [2.24, 2.45) is 5.92 Å². The van der Waals surface area contributed by atoms with Crippen molar-refractivity contribution in [2.45, 2.75) is 37.5 Å². The summed E-state index contributed by atoms with van der Waals surface area (Å²) in [7, 11) is 0. The highest BCUT2D eigenvalue weighted by Gasteiger charge is 2.50. The minimum Gasteiger partial charge on any atom is -0.353 e. The second-order valence-electron chi connectivity index (χ2n) is 4.45. The lowest BCUT2D eigenvalue weighted by atomic mass is 9.76. The van der Waals surface area contributed by atoms with Crippen LogP contribution in [0.4, 0.5) is 0 Å². The lowest BCUT2D eigenvalue weighted by Gasteiger charge is -2.45. The van der Waals surface area contributed by atoms with E-state index >= 15 is 0 Å². The van der Waals surface area contributed by atoms with Gasteiger partial charge < -0.3 is 14.8 Å². The average molecular weight is 197 g/mol. The van der Waals surface area contributed by atoms with Crippen LogP contribution in [0.25, 0.3) is 0 Å². The Labute approximate surface area is 82.9 Å². The summed E-state index contributed by atoms with van der Waals surface area (Å²) in [5.41, 5.74) is 0. The minimum absolute atomic E-state index is 0.157. The van der Waals surface area contributed by atoms with Gasteiger partial charge in [-0.1, -0.05) is 0 Å². The number of fused-ring (bicyclic) bond motifs is 3. The lowest BCUT2D eigenvalue weighted by Crippen LogP contribution is -2.55. The van der Waals surface area contributed by atoms with E-state index in [0.29, 0.717) is 25.7 Å². The Hall–Kier alpha value is -0.610. The molecule has 14 heavy (non-hydrogen) atoms. The molecule has 2 aliphatic heterocycles. The first-order chi connectivity index (χ1) is 6.78. The van der Waals surface area contributed by atoms with Crippen molar-refractivity contribution < 1.29 is 14.3 Å². The van der Waals surface area contributed by atoms with Gasteiger partial charge in [-0.15, -0.1) is 0 Å². The van der Waals surface area contributed by atoms with Crippen LogP contribution in [0.2, 0.25) is 0 Å². The van der Waals surface area contributed by atoms with Crippen LogP contribution in [0.3, 0.4) is 0 Å². The van der Waals surface area contributed by atoms with Gasteiger partial charge in [-0.3, -0.25) is 4.79 Å². The maximum atomic E-state index is 11.4. The third-order valence-electron chi connectivity index (χ3n) is 3.61. The number of nitrogens with one attached hydrogen (secondary N) is 1. The number of piperidine rings is 1. The van der Waals surface area contributed by atoms with Gasteiger partial charge in [0.2, 0.25) is 5.91 Å². The quantitative estimate of drug-likeness (QED) is 0.612. The zero-order chi connectivity index (χ0) is 9.60. The highest BCUT2D eigenvalue weighted by Crippen LogP contribution is 2.43. The first-order valence-corrected chi connectivity index (χ1v) is 5.36. The second-order valence-corrected chi connectivity index (χ2v) is 4.45. The molecule has 3 fully saturated rings. The predicted octanol–water partition coefficient (Wildman–Crippen LogP) is 0.418. The molecule has 0 aromatic carbocycles. The molecule has 0 aromatic rings. The van der Waals surface area contributed by atoms with E-state index in [1.807, 2.05) is 0 Å². The van der Waals surface area contributed by atoms with E-state index in [1.54, 1.807) is 0 Å². The molecule has 1 aliphatic carbocycles. The Bertz CT molecular complexity index is 260. The fourth-order valence-electron chi connectivity index (χ4n) is 2.95. The fraction of sp³-hybridized carbons (Fsp3) is 0.900. The molecule has 3 aliphatic rings. The van der Waals surface area contributed by atoms with Crippen molar-refractivity contribution in [3.05, 3.63) is 0 Å². The average Bonchev–Trinajstić information content (AvgIpc) is 2.62. The summed E-state index contributed by atoms with van der Waals surface area (Å²) in [5.74, 6) is 0.0239. The topological polar surface area (TPSA) is 47.6 Å². The van der Waals surface area contributed by atoms with Gasteiger partial charge >= 0.3 is 0 Å². The molecule has 2 bridgehead atoms. The second kappa shape index (κ2) is 2.94. The van der Waals surface area contributed by atoms with Crippen molar-refractivity contribution in [1.29, 1.82) is 0 Å². The number of hydrogen-bond acceptors (Lipinski definition) is 3. The first-order valence-electron chi connectivity index (χ1n) is 5.36. The van der Waals surface area contributed by atoms with Gasteiger partial charge in [0.1, 0.15) is 0 Å². The molecule has 78 valence electrons. The lowest BCUT2D eigenvalue weighted by molar-refractivity contribution is -0.221. The summed E-state index contributed by atoms with van der Waals surface area (Å²) < 4.78 is 11.4. The summed E-state index contributed by atoms with van der Waals surface area (Å²) in [6.45, 7) is 1.37. The Kier molecular flexibility index (Phi) is 1.82. The van der Waals surface area contributed by atoms with Gasteiger partial charge in [-0.05, 0) is 12.8 Å². The maximum absolute atomic E-state index is 11.4. The molecular weight excluding hydrogens is 182 g/mol. The predicted molar refractivity (Wildman–Crippen MR) is 48.5 cm³/mol. The molecule has 4 nitrogen and oxygen atoms in total. The Balaban J connectivity index is 1.84. The SMILES string of the molecule is O=C1CC2CC(CCC23OCCO3)N1. The molecular formula is C10H15NO3. The van der Waals surface area contributed by atoms with E-state index < -0.39 is 5.79 Å². The van der Waals surface area contributed by atoms with Crippen LogP contribution in [0.1, 0.15) is 25.7 Å². The van der Waals surface area contributed by atoms with Crippen LogP contribution >= 0.6 is 0 Å². The Morgan fingerprint density at radius 3 is 2.93 bits per heavy atom. The maximum Gasteiger partial charge on any atom is 0.220 e. The van der Waals surface area contributed by atoms with E-state index in [4.69, 9.17) is 9.47 Å².